The van der Waals surface area contributed by atoms with Crippen LogP contribution in [0.4, 0.5) is 4.79 Å². The van der Waals surface area contributed by atoms with Gasteiger partial charge in [-0.25, -0.2) is 4.79 Å². The predicted octanol–water partition coefficient (Wildman–Crippen LogP) is 2.05. The zero-order valence-corrected chi connectivity index (χ0v) is 10.8. The van der Waals surface area contributed by atoms with E-state index in [9.17, 15) is 4.79 Å². The molecule has 2 rings (SSSR count). The van der Waals surface area contributed by atoms with Gasteiger partial charge in [-0.3, -0.25) is 0 Å². The highest BCUT2D eigenvalue weighted by Crippen LogP contribution is 2.40. The average Bonchev–Trinajstić information content (AvgIpc) is 2.76. The lowest BCUT2D eigenvalue weighted by Gasteiger charge is -2.21. The van der Waals surface area contributed by atoms with E-state index < -0.39 is 6.16 Å². The Kier molecular flexibility index (Phi) is 3.72. The van der Waals surface area contributed by atoms with Crippen LogP contribution in [0.3, 0.4) is 0 Å². The van der Waals surface area contributed by atoms with Gasteiger partial charge in [-0.15, -0.1) is 0 Å². The Hall–Kier alpha value is -1.03. The molecule has 2 aliphatic rings. The van der Waals surface area contributed by atoms with Gasteiger partial charge < -0.3 is 14.4 Å². The molecular weight excluding hydrogens is 218 g/mol. The summed E-state index contributed by atoms with van der Waals surface area (Å²) in [7, 11) is 3.90. The van der Waals surface area contributed by atoms with Gasteiger partial charge in [0.25, 0.3) is 0 Å². The molecule has 0 amide bonds. The topological polar surface area (TPSA) is 38.8 Å². The van der Waals surface area contributed by atoms with Crippen molar-refractivity contribution in [3.05, 3.63) is 12.2 Å². The monoisotopic (exact) mass is 239 g/mol. The third-order valence-electron chi connectivity index (χ3n) is 3.39. The SMILES string of the molecule is CC(CN(C)C)OC(=O)OC1CC2C=CC1C2. The van der Waals surface area contributed by atoms with Crippen LogP contribution in [0.5, 0.6) is 0 Å². The van der Waals surface area contributed by atoms with E-state index in [2.05, 4.69) is 12.2 Å². The van der Waals surface area contributed by atoms with Crippen molar-refractivity contribution < 1.29 is 14.3 Å². The fraction of sp³-hybridized carbons (Fsp3) is 0.769. The van der Waals surface area contributed by atoms with E-state index in [1.54, 1.807) is 0 Å². The average molecular weight is 239 g/mol. The summed E-state index contributed by atoms with van der Waals surface area (Å²) in [6.45, 7) is 2.59. The zero-order chi connectivity index (χ0) is 12.4. The molecule has 17 heavy (non-hydrogen) atoms. The Bertz CT molecular complexity index is 314. The van der Waals surface area contributed by atoms with Crippen LogP contribution in [0.2, 0.25) is 0 Å². The van der Waals surface area contributed by atoms with Crippen molar-refractivity contribution in [3.63, 3.8) is 0 Å². The predicted molar refractivity (Wildman–Crippen MR) is 64.7 cm³/mol. The molecule has 1 saturated carbocycles. The van der Waals surface area contributed by atoms with E-state index in [1.807, 2.05) is 25.9 Å². The highest BCUT2D eigenvalue weighted by atomic mass is 16.7. The van der Waals surface area contributed by atoms with Gasteiger partial charge in [0, 0.05) is 12.5 Å². The maximum absolute atomic E-state index is 11.6. The number of rotatable bonds is 4. The van der Waals surface area contributed by atoms with E-state index in [-0.39, 0.29) is 12.2 Å². The number of nitrogens with zero attached hydrogens (tertiary/aromatic N) is 1. The van der Waals surface area contributed by atoms with E-state index in [0.29, 0.717) is 18.4 Å². The highest BCUT2D eigenvalue weighted by molar-refractivity contribution is 5.60. The number of likely N-dealkylation sites (N-methyl/N-ethyl adjacent to an activating group) is 1. The van der Waals surface area contributed by atoms with Gasteiger partial charge in [-0.2, -0.15) is 0 Å². The number of ether oxygens (including phenoxy) is 2. The van der Waals surface area contributed by atoms with Gasteiger partial charge >= 0.3 is 6.16 Å². The van der Waals surface area contributed by atoms with Gasteiger partial charge in [0.1, 0.15) is 12.2 Å². The van der Waals surface area contributed by atoms with E-state index in [1.165, 1.54) is 0 Å². The molecule has 0 aliphatic heterocycles. The lowest BCUT2D eigenvalue weighted by Crippen LogP contribution is -2.30. The quantitative estimate of drug-likeness (QED) is 0.556. The molecule has 1 fully saturated rings. The fourth-order valence-electron chi connectivity index (χ4n) is 2.73. The lowest BCUT2D eigenvalue weighted by molar-refractivity contribution is -0.00854. The zero-order valence-electron chi connectivity index (χ0n) is 10.8. The molecule has 0 N–H and O–H groups in total. The van der Waals surface area contributed by atoms with Crippen LogP contribution in [0.1, 0.15) is 19.8 Å². The molecule has 0 aromatic rings. The van der Waals surface area contributed by atoms with Crippen molar-refractivity contribution in [2.75, 3.05) is 20.6 Å². The molecule has 4 heteroatoms. The molecule has 4 unspecified atom stereocenters. The fourth-order valence-corrected chi connectivity index (χ4v) is 2.73. The van der Waals surface area contributed by atoms with Crippen LogP contribution in [0, 0.1) is 11.8 Å². The molecule has 2 bridgehead atoms. The normalized spacial score (nSPS) is 31.9. The summed E-state index contributed by atoms with van der Waals surface area (Å²) in [5.74, 6) is 1.02. The van der Waals surface area contributed by atoms with E-state index in [0.717, 1.165) is 12.8 Å². The summed E-state index contributed by atoms with van der Waals surface area (Å²) < 4.78 is 10.6. The van der Waals surface area contributed by atoms with Gasteiger partial charge in [0.05, 0.1) is 0 Å². The standard InChI is InChI=1S/C13H21NO3/c1-9(8-14(2)3)16-13(15)17-12-7-10-4-5-11(12)6-10/h4-5,9-12H,6-8H2,1-3H3. The molecule has 96 valence electrons. The minimum atomic E-state index is -0.523. The van der Waals surface area contributed by atoms with Crippen molar-refractivity contribution >= 4 is 6.16 Å². The Morgan fingerprint density at radius 2 is 2.18 bits per heavy atom. The van der Waals surface area contributed by atoms with Crippen molar-refractivity contribution in [1.29, 1.82) is 0 Å². The Morgan fingerprint density at radius 3 is 2.71 bits per heavy atom. The maximum atomic E-state index is 11.6. The summed E-state index contributed by atoms with van der Waals surface area (Å²) in [6, 6.07) is 0. The third-order valence-corrected chi connectivity index (χ3v) is 3.39. The number of carbonyl (C=O) groups excluding carboxylic acids is 1. The van der Waals surface area contributed by atoms with E-state index >= 15 is 0 Å². The van der Waals surface area contributed by atoms with Crippen LogP contribution in [-0.2, 0) is 9.47 Å². The van der Waals surface area contributed by atoms with Crippen LogP contribution in [-0.4, -0.2) is 43.9 Å². The van der Waals surface area contributed by atoms with E-state index in [4.69, 9.17) is 9.47 Å². The summed E-state index contributed by atoms with van der Waals surface area (Å²) in [5.41, 5.74) is 0. The van der Waals surface area contributed by atoms with Crippen LogP contribution in [0.25, 0.3) is 0 Å². The second-order valence-corrected chi connectivity index (χ2v) is 5.38. The molecule has 2 aliphatic carbocycles. The first-order valence-electron chi connectivity index (χ1n) is 6.25. The van der Waals surface area contributed by atoms with Crippen molar-refractivity contribution in [1.82, 2.24) is 4.90 Å². The first-order valence-corrected chi connectivity index (χ1v) is 6.25. The van der Waals surface area contributed by atoms with Crippen molar-refractivity contribution in [2.45, 2.75) is 32.0 Å². The van der Waals surface area contributed by atoms with Gasteiger partial charge in [0.15, 0.2) is 0 Å². The van der Waals surface area contributed by atoms with Crippen molar-refractivity contribution in [2.24, 2.45) is 11.8 Å². The van der Waals surface area contributed by atoms with Gasteiger partial charge in [-0.05, 0) is 39.8 Å². The molecule has 0 radical (unpaired) electrons. The molecule has 4 atom stereocenters. The summed E-state index contributed by atoms with van der Waals surface area (Å²) >= 11 is 0. The minimum Gasteiger partial charge on any atom is -0.430 e. The number of hydrogen-bond acceptors (Lipinski definition) is 4. The molecule has 4 nitrogen and oxygen atoms in total. The molecule has 0 heterocycles. The van der Waals surface area contributed by atoms with Crippen molar-refractivity contribution in [3.8, 4) is 0 Å². The highest BCUT2D eigenvalue weighted by Gasteiger charge is 2.38. The summed E-state index contributed by atoms with van der Waals surface area (Å²) in [4.78, 5) is 13.6. The molecule has 0 aromatic carbocycles. The molecule has 0 saturated heterocycles. The first kappa shape index (κ1) is 12.4. The summed E-state index contributed by atoms with van der Waals surface area (Å²) in [5, 5.41) is 0. The largest absolute Gasteiger partial charge is 0.508 e. The van der Waals surface area contributed by atoms with Gasteiger partial charge in [0.2, 0.25) is 0 Å². The first-order chi connectivity index (χ1) is 8.04. The number of hydrogen-bond donors (Lipinski definition) is 0. The summed E-state index contributed by atoms with van der Waals surface area (Å²) in [6.07, 6.45) is 5.85. The Balaban J connectivity index is 1.72. The second kappa shape index (κ2) is 5.08. The third kappa shape index (κ3) is 3.22. The maximum Gasteiger partial charge on any atom is 0.508 e. The Morgan fingerprint density at radius 1 is 1.41 bits per heavy atom. The van der Waals surface area contributed by atoms with Gasteiger partial charge in [-0.1, -0.05) is 12.2 Å². The Labute approximate surface area is 103 Å². The molecular formula is C13H21NO3. The number of fused-ring (bicyclic) bond motifs is 2. The van der Waals surface area contributed by atoms with Crippen LogP contribution < -0.4 is 0 Å². The lowest BCUT2D eigenvalue weighted by atomic mass is 10.1. The smallest absolute Gasteiger partial charge is 0.430 e. The number of carbonyl (C=O) groups is 1. The molecule has 0 spiro atoms. The van der Waals surface area contributed by atoms with Crippen LogP contribution >= 0.6 is 0 Å². The number of allylic oxidation sites excluding steroid dienone is 1. The molecule has 0 aromatic heterocycles. The minimum absolute atomic E-state index is 0.0315. The van der Waals surface area contributed by atoms with Crippen LogP contribution in [0.15, 0.2) is 12.2 Å². The second-order valence-electron chi connectivity index (χ2n) is 5.38.